The standard InChI is InChI=1S/C13H22ClN3OS/c1-3-6-17(9-12(18)15-2)7-4-5-13-16-11(8-14)10-19-13/h10H,3-9H2,1-2H3,(H,15,18). The van der Waals surface area contributed by atoms with Crippen LogP contribution in [0.15, 0.2) is 5.38 Å². The number of thiazole rings is 1. The maximum absolute atomic E-state index is 11.4. The predicted molar refractivity (Wildman–Crippen MR) is 80.8 cm³/mol. The number of rotatable bonds is 9. The van der Waals surface area contributed by atoms with Gasteiger partial charge in [0.2, 0.25) is 5.91 Å². The van der Waals surface area contributed by atoms with Crippen LogP contribution in [0.3, 0.4) is 0 Å². The highest BCUT2D eigenvalue weighted by Gasteiger charge is 2.09. The second-order valence-corrected chi connectivity index (χ2v) is 5.63. The average Bonchev–Trinajstić information content (AvgIpc) is 2.86. The summed E-state index contributed by atoms with van der Waals surface area (Å²) < 4.78 is 0. The van der Waals surface area contributed by atoms with E-state index in [0.717, 1.165) is 43.1 Å². The molecule has 6 heteroatoms. The summed E-state index contributed by atoms with van der Waals surface area (Å²) in [5.41, 5.74) is 0.956. The van der Waals surface area contributed by atoms with E-state index in [-0.39, 0.29) is 5.91 Å². The van der Waals surface area contributed by atoms with Gasteiger partial charge in [-0.1, -0.05) is 6.92 Å². The molecular weight excluding hydrogens is 282 g/mol. The van der Waals surface area contributed by atoms with Crippen molar-refractivity contribution in [2.24, 2.45) is 0 Å². The molecule has 0 aromatic carbocycles. The van der Waals surface area contributed by atoms with Crippen LogP contribution >= 0.6 is 22.9 Å². The molecule has 0 saturated carbocycles. The minimum absolute atomic E-state index is 0.0760. The van der Waals surface area contributed by atoms with Gasteiger partial charge in [0.05, 0.1) is 23.1 Å². The van der Waals surface area contributed by atoms with Crippen molar-refractivity contribution in [2.75, 3.05) is 26.7 Å². The van der Waals surface area contributed by atoms with Crippen LogP contribution in [-0.2, 0) is 17.1 Å². The summed E-state index contributed by atoms with van der Waals surface area (Å²) in [6.07, 6.45) is 3.03. The van der Waals surface area contributed by atoms with Gasteiger partial charge in [0.25, 0.3) is 0 Å². The number of alkyl halides is 1. The number of likely N-dealkylation sites (N-methyl/N-ethyl adjacent to an activating group) is 1. The smallest absolute Gasteiger partial charge is 0.233 e. The highest BCUT2D eigenvalue weighted by Crippen LogP contribution is 2.13. The molecule has 108 valence electrons. The second-order valence-electron chi connectivity index (χ2n) is 4.42. The van der Waals surface area contributed by atoms with Crippen molar-refractivity contribution in [1.29, 1.82) is 0 Å². The Balaban J connectivity index is 2.32. The van der Waals surface area contributed by atoms with Crippen molar-refractivity contribution in [3.05, 3.63) is 16.1 Å². The number of halogens is 1. The lowest BCUT2D eigenvalue weighted by atomic mass is 10.3. The van der Waals surface area contributed by atoms with E-state index < -0.39 is 0 Å². The highest BCUT2D eigenvalue weighted by atomic mass is 35.5. The molecule has 19 heavy (non-hydrogen) atoms. The zero-order chi connectivity index (χ0) is 14.1. The zero-order valence-corrected chi connectivity index (χ0v) is 13.2. The number of aryl methyl sites for hydroxylation is 1. The first kappa shape index (κ1) is 16.4. The Bertz CT molecular complexity index is 384. The Morgan fingerprint density at radius 2 is 2.32 bits per heavy atom. The molecule has 0 fully saturated rings. The molecule has 0 atom stereocenters. The number of nitrogens with zero attached hydrogens (tertiary/aromatic N) is 2. The third-order valence-corrected chi connectivity index (χ3v) is 4.02. The molecule has 1 amide bonds. The third kappa shape index (κ3) is 6.36. The molecular formula is C13H22ClN3OS. The van der Waals surface area contributed by atoms with Gasteiger partial charge in [-0.3, -0.25) is 9.69 Å². The van der Waals surface area contributed by atoms with Gasteiger partial charge in [-0.2, -0.15) is 0 Å². The fourth-order valence-electron chi connectivity index (χ4n) is 1.85. The summed E-state index contributed by atoms with van der Waals surface area (Å²) >= 11 is 7.39. The number of nitrogens with one attached hydrogen (secondary N) is 1. The van der Waals surface area contributed by atoms with Crippen LogP contribution in [0.2, 0.25) is 0 Å². The Kier molecular flexibility index (Phi) is 8.02. The van der Waals surface area contributed by atoms with Crippen LogP contribution in [0.1, 0.15) is 30.5 Å². The van der Waals surface area contributed by atoms with Crippen molar-refractivity contribution in [3.63, 3.8) is 0 Å². The Morgan fingerprint density at radius 1 is 1.53 bits per heavy atom. The molecule has 1 rings (SSSR count). The fraction of sp³-hybridized carbons (Fsp3) is 0.692. The molecule has 0 unspecified atom stereocenters. The van der Waals surface area contributed by atoms with Crippen LogP contribution in [0, 0.1) is 0 Å². The topological polar surface area (TPSA) is 45.2 Å². The van der Waals surface area contributed by atoms with Crippen LogP contribution in [0.5, 0.6) is 0 Å². The van der Waals surface area contributed by atoms with Crippen LogP contribution in [-0.4, -0.2) is 42.5 Å². The Hall–Kier alpha value is -0.650. The van der Waals surface area contributed by atoms with Crippen molar-refractivity contribution in [3.8, 4) is 0 Å². The summed E-state index contributed by atoms with van der Waals surface area (Å²) in [7, 11) is 1.68. The Labute approximate surface area is 124 Å². The SMILES string of the molecule is CCCN(CCCc1nc(CCl)cs1)CC(=O)NC. The van der Waals surface area contributed by atoms with E-state index in [1.54, 1.807) is 18.4 Å². The van der Waals surface area contributed by atoms with E-state index in [1.807, 2.05) is 5.38 Å². The van der Waals surface area contributed by atoms with Crippen molar-refractivity contribution < 1.29 is 4.79 Å². The molecule has 0 radical (unpaired) electrons. The molecule has 1 heterocycles. The van der Waals surface area contributed by atoms with Gasteiger partial charge < -0.3 is 5.32 Å². The number of hydrogen-bond acceptors (Lipinski definition) is 4. The van der Waals surface area contributed by atoms with Gasteiger partial charge in [0.15, 0.2) is 0 Å². The first-order chi connectivity index (χ1) is 9.19. The molecule has 1 aromatic rings. The fourth-order valence-corrected chi connectivity index (χ4v) is 2.92. The van der Waals surface area contributed by atoms with Crippen molar-refractivity contribution in [2.45, 2.75) is 32.1 Å². The highest BCUT2D eigenvalue weighted by molar-refractivity contribution is 7.09. The lowest BCUT2D eigenvalue weighted by Gasteiger charge is -2.20. The molecule has 0 bridgehead atoms. The molecule has 0 aliphatic rings. The average molecular weight is 304 g/mol. The van der Waals surface area contributed by atoms with Gasteiger partial charge in [-0.15, -0.1) is 22.9 Å². The van der Waals surface area contributed by atoms with Gasteiger partial charge in [0, 0.05) is 18.8 Å². The summed E-state index contributed by atoms with van der Waals surface area (Å²) in [5, 5.41) is 5.81. The van der Waals surface area contributed by atoms with E-state index in [1.165, 1.54) is 0 Å². The summed E-state index contributed by atoms with van der Waals surface area (Å²) in [4.78, 5) is 18.0. The quantitative estimate of drug-likeness (QED) is 0.712. The van der Waals surface area contributed by atoms with Crippen molar-refractivity contribution in [1.82, 2.24) is 15.2 Å². The maximum Gasteiger partial charge on any atom is 0.233 e. The number of amides is 1. The second kappa shape index (κ2) is 9.28. The van der Waals surface area contributed by atoms with E-state index in [0.29, 0.717) is 12.4 Å². The summed E-state index contributed by atoms with van der Waals surface area (Å²) in [5.74, 6) is 0.557. The first-order valence-corrected chi connectivity index (χ1v) is 8.03. The van der Waals surface area contributed by atoms with Gasteiger partial charge in [0.1, 0.15) is 0 Å². The molecule has 0 saturated heterocycles. The molecule has 4 nitrogen and oxygen atoms in total. The molecule has 0 spiro atoms. The van der Waals surface area contributed by atoms with Gasteiger partial charge >= 0.3 is 0 Å². The van der Waals surface area contributed by atoms with E-state index in [2.05, 4.69) is 22.1 Å². The molecule has 0 aliphatic heterocycles. The maximum atomic E-state index is 11.4. The number of carbonyl (C=O) groups is 1. The molecule has 1 N–H and O–H groups in total. The lowest BCUT2D eigenvalue weighted by molar-refractivity contribution is -0.121. The van der Waals surface area contributed by atoms with Gasteiger partial charge in [-0.25, -0.2) is 4.98 Å². The monoisotopic (exact) mass is 303 g/mol. The number of hydrogen-bond donors (Lipinski definition) is 1. The predicted octanol–water partition coefficient (Wildman–Crippen LogP) is 2.27. The zero-order valence-electron chi connectivity index (χ0n) is 11.6. The normalized spacial score (nSPS) is 10.9. The van der Waals surface area contributed by atoms with Crippen molar-refractivity contribution >= 4 is 28.8 Å². The van der Waals surface area contributed by atoms with Gasteiger partial charge in [-0.05, 0) is 25.9 Å². The van der Waals surface area contributed by atoms with E-state index in [9.17, 15) is 4.79 Å². The first-order valence-electron chi connectivity index (χ1n) is 6.61. The number of carbonyl (C=O) groups excluding carboxylic acids is 1. The lowest BCUT2D eigenvalue weighted by Crippen LogP contribution is -2.36. The van der Waals surface area contributed by atoms with Crippen LogP contribution in [0.25, 0.3) is 0 Å². The van der Waals surface area contributed by atoms with E-state index >= 15 is 0 Å². The minimum Gasteiger partial charge on any atom is -0.358 e. The summed E-state index contributed by atoms with van der Waals surface area (Å²) in [6.45, 7) is 4.49. The molecule has 0 aliphatic carbocycles. The Morgan fingerprint density at radius 3 is 2.89 bits per heavy atom. The summed E-state index contributed by atoms with van der Waals surface area (Å²) in [6, 6.07) is 0. The minimum atomic E-state index is 0.0760. The number of aromatic nitrogens is 1. The van der Waals surface area contributed by atoms with Crippen LogP contribution in [0.4, 0.5) is 0 Å². The van der Waals surface area contributed by atoms with Crippen LogP contribution < -0.4 is 5.32 Å². The molecule has 1 aromatic heterocycles. The largest absolute Gasteiger partial charge is 0.358 e. The van der Waals surface area contributed by atoms with E-state index in [4.69, 9.17) is 11.6 Å². The third-order valence-electron chi connectivity index (χ3n) is 2.79.